The molecule has 6 N–H and O–H groups in total. The Kier molecular flexibility index (Phi) is 28.6. The zero-order chi connectivity index (χ0) is 83.9. The average molecular weight is 1820 g/mol. The smallest absolute Gasteiger partial charge is 0.271 e. The lowest BCUT2D eigenvalue weighted by atomic mass is 9.98. The van der Waals surface area contributed by atoms with E-state index < -0.39 is 23.9 Å². The summed E-state index contributed by atoms with van der Waals surface area (Å²) in [5.74, 6) is 0.444. The third-order valence-corrected chi connectivity index (χ3v) is 28.2. The molecule has 3 unspecified atom stereocenters. The minimum Gasteiger partial charge on any atom is -0.330 e. The van der Waals surface area contributed by atoms with Gasteiger partial charge in [-0.25, -0.2) is 19.3 Å². The molecule has 0 radical (unpaired) electrons. The minimum atomic E-state index is -0.574. The highest BCUT2D eigenvalue weighted by Crippen LogP contribution is 2.41. The van der Waals surface area contributed by atoms with Gasteiger partial charge in [0.15, 0.2) is 0 Å². The molecule has 3 atom stereocenters. The van der Waals surface area contributed by atoms with E-state index in [0.29, 0.717) is 150 Å². The predicted molar refractivity (Wildman–Crippen MR) is 493 cm³/mol. The summed E-state index contributed by atoms with van der Waals surface area (Å²) >= 11 is 30.9. The first kappa shape index (κ1) is 87.1. The van der Waals surface area contributed by atoms with E-state index in [9.17, 15) is 33.2 Å². The van der Waals surface area contributed by atoms with Crippen LogP contribution in [0.4, 0.5) is 4.39 Å². The number of aryl methyl sites for hydroxylation is 2. The zero-order valence-corrected chi connectivity index (χ0v) is 75.0. The Balaban J connectivity index is 0.000000153. The second-order valence-electron chi connectivity index (χ2n) is 29.9. The fraction of sp³-hybridized carbons (Fsp3) is 0.292. The molecule has 0 saturated heterocycles. The third kappa shape index (κ3) is 19.0. The Morgan fingerprint density at radius 1 is 0.432 bits per heavy atom. The van der Waals surface area contributed by atoms with Crippen molar-refractivity contribution in [3.8, 4) is 0 Å². The van der Waals surface area contributed by atoms with Crippen LogP contribution in [0.2, 0.25) is 13.7 Å². The van der Waals surface area contributed by atoms with Crippen LogP contribution in [0, 0.1) is 37.4 Å². The number of rotatable bonds is 27. The van der Waals surface area contributed by atoms with Crippen molar-refractivity contribution in [2.45, 2.75) is 112 Å². The molecule has 18 nitrogen and oxygen atoms in total. The molecule has 0 spiro atoms. The van der Waals surface area contributed by atoms with Gasteiger partial charge in [-0.05, 0) is 195 Å². The van der Waals surface area contributed by atoms with Crippen LogP contribution in [0.25, 0.3) is 60.9 Å². The number of carbonyl (C=O) groups is 3. The van der Waals surface area contributed by atoms with Crippen molar-refractivity contribution in [3.05, 3.63) is 290 Å². The van der Waals surface area contributed by atoms with Gasteiger partial charge in [0, 0.05) is 86.2 Å². The van der Waals surface area contributed by atoms with Gasteiger partial charge < -0.3 is 31.9 Å². The Bertz CT molecular complexity index is 6100. The van der Waals surface area contributed by atoms with Crippen LogP contribution in [0.1, 0.15) is 153 Å². The number of aromatic nitrogens is 6. The maximum atomic E-state index is 14.5. The monoisotopic (exact) mass is 1820 g/mol. The SMILES string of the molecule is CC(C)C(c1nc2c(sc3ccccc32)c(=O)n1Cc1ccc(Cl)s1)N(CCCN)C(=O)c1ccc(Cl)cc1.Cc1ccc(C(=O)N(CCCN)C(c2nc3c(sc4ccccc43)c(=O)n2Cc2ccc(Br)s2)C(C)C)cc1.Cc1ccc(C(=O)N(CCCN)C(c2nc3c(sc4ccccc43)c(=O)n2Cc2ccc(Cl)s2)C(C)C)cc1F. The first-order valence-corrected chi connectivity index (χ1v) is 45.7. The number of nitrogens with zero attached hydrogens (tertiary/aromatic N) is 9. The highest BCUT2D eigenvalue weighted by Gasteiger charge is 2.38. The van der Waals surface area contributed by atoms with Crippen LogP contribution in [-0.2, 0) is 19.6 Å². The summed E-state index contributed by atoms with van der Waals surface area (Å²) in [5, 5.41) is 3.35. The highest BCUT2D eigenvalue weighted by atomic mass is 79.9. The number of amides is 3. The number of benzene rings is 6. The molecule has 3 amide bonds. The summed E-state index contributed by atoms with van der Waals surface area (Å²) in [6, 6.07) is 52.7. The van der Waals surface area contributed by atoms with E-state index >= 15 is 0 Å². The van der Waals surface area contributed by atoms with E-state index in [1.165, 1.54) is 62.8 Å². The van der Waals surface area contributed by atoms with Gasteiger partial charge in [0.05, 0.1) is 66.8 Å². The molecule has 0 saturated carbocycles. The van der Waals surface area contributed by atoms with Gasteiger partial charge in [-0.15, -0.1) is 68.0 Å². The molecule has 6 aromatic carbocycles. The van der Waals surface area contributed by atoms with E-state index in [2.05, 4.69) is 29.8 Å². The molecule has 0 aliphatic heterocycles. The van der Waals surface area contributed by atoms with E-state index in [-0.39, 0.29) is 64.3 Å². The second-order valence-corrected chi connectivity index (χ2v) is 39.6. The van der Waals surface area contributed by atoms with Gasteiger partial charge in [0.25, 0.3) is 34.4 Å². The quantitative estimate of drug-likeness (QED) is 0.0435. The molecule has 612 valence electrons. The van der Waals surface area contributed by atoms with Crippen molar-refractivity contribution in [1.82, 2.24) is 43.4 Å². The molecular formula is C89H89BrCl3FN12O6S6. The molecule has 0 fully saturated rings. The molecule has 9 aromatic heterocycles. The maximum absolute atomic E-state index is 14.5. The lowest BCUT2D eigenvalue weighted by molar-refractivity contribution is 0.0596. The largest absolute Gasteiger partial charge is 0.330 e. The van der Waals surface area contributed by atoms with Crippen LogP contribution in [0.5, 0.6) is 0 Å². The standard InChI is InChI=1S/C30H31BrN4O2S2.C30H30ClFN4O2S2.C29H28Cl2N4O2S2/c1-18(2)26(34(16-6-15-32)29(36)20-11-9-19(3)10-12-20)28-33-25-22-7-4-5-8-23(22)39-27(25)30(37)35(28)17-21-13-14-24(31)38-21;1-17(2)26(35(14-6-13-33)29(37)19-10-9-18(3)22(32)15-19)28-34-25-21-7-4-5-8-23(21)40-27(25)30(38)36(28)16-20-11-12-24(31)39-20;1-17(2)25(34(15-5-14-32)28(36)18-8-10-19(30)11-9-18)27-33-24-21-6-3-4-7-22(21)39-26(24)29(37)35(27)16-20-12-13-23(31)38-20/h4-5,7-14,18,26H,6,15-17,32H2,1-3H3;4-5,7-12,15,17,26H,6,13-14,16,33H2,1-3H3;3-4,6-13,17,25H,5,14-16,32H2,1-2H3. The summed E-state index contributed by atoms with van der Waals surface area (Å²) in [5.41, 5.74) is 22.3. The summed E-state index contributed by atoms with van der Waals surface area (Å²) in [6.45, 7) is 19.3. The zero-order valence-electron chi connectivity index (χ0n) is 66.2. The van der Waals surface area contributed by atoms with Crippen molar-refractivity contribution < 1.29 is 18.8 Å². The lowest BCUT2D eigenvalue weighted by Crippen LogP contribution is -2.42. The minimum absolute atomic E-state index is 0.00672. The van der Waals surface area contributed by atoms with Crippen LogP contribution >= 0.6 is 119 Å². The Labute approximate surface area is 730 Å². The van der Waals surface area contributed by atoms with Crippen LogP contribution < -0.4 is 33.9 Å². The van der Waals surface area contributed by atoms with E-state index in [4.69, 9.17) is 67.0 Å². The molecular weight excluding hydrogens is 1730 g/mol. The molecule has 118 heavy (non-hydrogen) atoms. The molecule has 0 aliphatic rings. The number of carbonyl (C=O) groups excluding carboxylic acids is 3. The van der Waals surface area contributed by atoms with Crippen LogP contribution in [-0.4, -0.2) is 100 Å². The normalized spacial score (nSPS) is 12.5. The van der Waals surface area contributed by atoms with E-state index in [1.807, 2.05) is 167 Å². The Morgan fingerprint density at radius 3 is 1.08 bits per heavy atom. The topological polar surface area (TPSA) is 244 Å². The van der Waals surface area contributed by atoms with Gasteiger partial charge in [-0.1, -0.05) is 155 Å². The van der Waals surface area contributed by atoms with Gasteiger partial charge in [-0.3, -0.25) is 42.5 Å². The highest BCUT2D eigenvalue weighted by molar-refractivity contribution is 9.11. The summed E-state index contributed by atoms with van der Waals surface area (Å²) in [4.78, 5) is 108. The lowest BCUT2D eigenvalue weighted by Gasteiger charge is -2.35. The first-order valence-electron chi connectivity index (χ1n) is 38.9. The van der Waals surface area contributed by atoms with E-state index in [1.54, 1.807) is 84.2 Å². The van der Waals surface area contributed by atoms with Crippen molar-refractivity contribution in [2.75, 3.05) is 39.3 Å². The Hall–Kier alpha value is -8.71. The number of nitrogens with two attached hydrogens (primary N) is 3. The van der Waals surface area contributed by atoms with E-state index in [0.717, 1.165) is 54.2 Å². The third-order valence-electron chi connectivity index (χ3n) is 20.5. The van der Waals surface area contributed by atoms with Crippen LogP contribution in [0.3, 0.4) is 0 Å². The fourth-order valence-corrected chi connectivity index (χ4v) is 21.8. The molecule has 9 heterocycles. The second kappa shape index (κ2) is 38.8. The summed E-state index contributed by atoms with van der Waals surface area (Å²) in [7, 11) is 0. The molecule has 29 heteroatoms. The average Bonchev–Trinajstić information content (AvgIpc) is 1.58. The maximum Gasteiger partial charge on any atom is 0.271 e. The number of hydrogen-bond acceptors (Lipinski definition) is 18. The number of halogens is 5. The van der Waals surface area contributed by atoms with Gasteiger partial charge in [0.2, 0.25) is 0 Å². The summed E-state index contributed by atoms with van der Waals surface area (Å²) in [6.07, 6.45) is 1.79. The molecule has 0 bridgehead atoms. The van der Waals surface area contributed by atoms with Crippen LogP contribution in [0.15, 0.2) is 194 Å². The van der Waals surface area contributed by atoms with Crippen molar-refractivity contribution >= 4 is 197 Å². The number of thiophene rings is 6. The summed E-state index contributed by atoms with van der Waals surface area (Å²) < 4.78 is 26.8. The number of fused-ring (bicyclic) bond motifs is 9. The molecule has 0 aliphatic carbocycles. The van der Waals surface area contributed by atoms with Gasteiger partial charge in [-0.2, -0.15) is 0 Å². The van der Waals surface area contributed by atoms with Crippen molar-refractivity contribution in [1.29, 1.82) is 0 Å². The van der Waals surface area contributed by atoms with Crippen molar-refractivity contribution in [3.63, 3.8) is 0 Å². The predicted octanol–water partition coefficient (Wildman–Crippen LogP) is 21.2. The Morgan fingerprint density at radius 2 is 0.763 bits per heavy atom. The molecule has 15 aromatic rings. The van der Waals surface area contributed by atoms with Gasteiger partial charge in [0.1, 0.15) is 37.4 Å². The fourth-order valence-electron chi connectivity index (χ4n) is 14.8. The first-order chi connectivity index (χ1) is 56.7. The van der Waals surface area contributed by atoms with Gasteiger partial charge >= 0.3 is 0 Å². The number of hydrogen-bond donors (Lipinski definition) is 3. The molecule has 15 rings (SSSR count). The van der Waals surface area contributed by atoms with Crippen molar-refractivity contribution in [2.24, 2.45) is 35.0 Å².